The van der Waals surface area contributed by atoms with E-state index in [1.54, 1.807) is 0 Å². The van der Waals surface area contributed by atoms with Gasteiger partial charge >= 0.3 is 5.97 Å². The smallest absolute Gasteiger partial charge is 0.337 e. The number of aromatic amines is 1. The monoisotopic (exact) mass is 221 g/mol. The molecule has 16 heavy (non-hydrogen) atoms. The lowest BCUT2D eigenvalue weighted by Crippen LogP contribution is -1.97. The number of aromatic nitrogens is 3. The number of hydrogen-bond donors (Lipinski definition) is 2. The summed E-state index contributed by atoms with van der Waals surface area (Å²) >= 11 is 0. The van der Waals surface area contributed by atoms with Crippen LogP contribution in [0.15, 0.2) is 24.7 Å². The van der Waals surface area contributed by atoms with Gasteiger partial charge in [0.1, 0.15) is 5.82 Å². The highest BCUT2D eigenvalue weighted by atomic mass is 19.1. The molecule has 5 nitrogen and oxygen atoms in total. The number of halogens is 1. The normalized spacial score (nSPS) is 10.3. The van der Waals surface area contributed by atoms with Crippen LogP contribution in [0.2, 0.25) is 0 Å². The Kier molecular flexibility index (Phi) is 2.63. The summed E-state index contributed by atoms with van der Waals surface area (Å²) in [5.41, 5.74) is 0.848. The molecule has 6 heteroatoms. The Morgan fingerprint density at radius 3 is 2.69 bits per heavy atom. The third-order valence-electron chi connectivity index (χ3n) is 2.01. The zero-order valence-corrected chi connectivity index (χ0v) is 8.14. The molecule has 0 aliphatic rings. The molecule has 0 bridgehead atoms. The van der Waals surface area contributed by atoms with Crippen molar-refractivity contribution >= 4 is 5.97 Å². The molecule has 0 aromatic carbocycles. The highest BCUT2D eigenvalue weighted by molar-refractivity contribution is 5.87. The van der Waals surface area contributed by atoms with E-state index in [2.05, 4.69) is 15.0 Å². The quantitative estimate of drug-likeness (QED) is 0.817. The summed E-state index contributed by atoms with van der Waals surface area (Å²) in [6.45, 7) is 0. The van der Waals surface area contributed by atoms with E-state index in [0.717, 1.165) is 12.4 Å². The maximum Gasteiger partial charge on any atom is 0.337 e. The summed E-state index contributed by atoms with van der Waals surface area (Å²) in [5.74, 6) is -1.07. The van der Waals surface area contributed by atoms with E-state index in [-0.39, 0.29) is 5.56 Å². The second-order valence-electron chi connectivity index (χ2n) is 3.21. The number of carboxylic acids is 1. The van der Waals surface area contributed by atoms with Gasteiger partial charge in [-0.15, -0.1) is 0 Å². The molecule has 2 N–H and O–H groups in total. The molecular formula is C10H8FN3O2. The first kappa shape index (κ1) is 10.3. The van der Waals surface area contributed by atoms with E-state index in [4.69, 9.17) is 5.11 Å². The molecule has 0 radical (unpaired) electrons. The van der Waals surface area contributed by atoms with Crippen LogP contribution in [0.1, 0.15) is 21.9 Å². The standard InChI is InChI=1S/C10H8FN3O2/c11-7-4-13-9(14-5-7)2-8-1-6(3-12-8)10(15)16/h1,3-5,12H,2H2,(H,15,16). The van der Waals surface area contributed by atoms with Gasteiger partial charge in [0.05, 0.1) is 18.0 Å². The molecule has 2 rings (SSSR count). The molecule has 2 heterocycles. The zero-order chi connectivity index (χ0) is 11.5. The molecule has 0 amide bonds. The van der Waals surface area contributed by atoms with E-state index in [9.17, 15) is 9.18 Å². The molecular weight excluding hydrogens is 213 g/mol. The zero-order valence-electron chi connectivity index (χ0n) is 8.14. The van der Waals surface area contributed by atoms with Crippen molar-refractivity contribution in [3.05, 3.63) is 47.6 Å². The topological polar surface area (TPSA) is 78.9 Å². The lowest BCUT2D eigenvalue weighted by Gasteiger charge is -1.96. The Labute approximate surface area is 90.0 Å². The maximum atomic E-state index is 12.5. The largest absolute Gasteiger partial charge is 0.478 e. The minimum absolute atomic E-state index is 0.178. The van der Waals surface area contributed by atoms with Crippen LogP contribution < -0.4 is 0 Å². The third-order valence-corrected chi connectivity index (χ3v) is 2.01. The number of nitrogens with one attached hydrogen (secondary N) is 1. The summed E-state index contributed by atoms with van der Waals surface area (Å²) in [5, 5.41) is 8.70. The SMILES string of the molecule is O=C(O)c1c[nH]c(Cc2ncc(F)cn2)c1. The predicted molar refractivity (Wildman–Crippen MR) is 52.5 cm³/mol. The van der Waals surface area contributed by atoms with Gasteiger partial charge in [0, 0.05) is 18.3 Å². The minimum atomic E-state index is -0.998. The van der Waals surface area contributed by atoms with E-state index in [1.165, 1.54) is 12.3 Å². The van der Waals surface area contributed by atoms with Crippen LogP contribution in [-0.2, 0) is 6.42 Å². The summed E-state index contributed by atoms with van der Waals surface area (Å²) in [6.07, 6.45) is 3.88. The molecule has 0 atom stereocenters. The predicted octanol–water partition coefficient (Wildman–Crippen LogP) is 1.23. The van der Waals surface area contributed by atoms with Gasteiger partial charge in [0.2, 0.25) is 0 Å². The van der Waals surface area contributed by atoms with E-state index >= 15 is 0 Å². The average molecular weight is 221 g/mol. The first-order valence-electron chi connectivity index (χ1n) is 4.52. The minimum Gasteiger partial charge on any atom is -0.478 e. The number of carboxylic acid groups (broad SMARTS) is 1. The fraction of sp³-hybridized carbons (Fsp3) is 0.100. The van der Waals surface area contributed by atoms with Crippen LogP contribution in [0, 0.1) is 5.82 Å². The molecule has 2 aromatic heterocycles. The van der Waals surface area contributed by atoms with Crippen molar-refractivity contribution in [3.8, 4) is 0 Å². The summed E-state index contributed by atoms with van der Waals surface area (Å²) in [6, 6.07) is 1.50. The Balaban J connectivity index is 2.14. The fourth-order valence-electron chi connectivity index (χ4n) is 1.27. The summed E-state index contributed by atoms with van der Waals surface area (Å²) in [7, 11) is 0. The van der Waals surface area contributed by atoms with Crippen molar-refractivity contribution in [1.29, 1.82) is 0 Å². The van der Waals surface area contributed by atoms with Crippen molar-refractivity contribution in [3.63, 3.8) is 0 Å². The maximum absolute atomic E-state index is 12.5. The molecule has 0 aliphatic carbocycles. The van der Waals surface area contributed by atoms with Gasteiger partial charge < -0.3 is 10.1 Å². The second kappa shape index (κ2) is 4.09. The van der Waals surface area contributed by atoms with Gasteiger partial charge in [-0.25, -0.2) is 19.2 Å². The van der Waals surface area contributed by atoms with Crippen molar-refractivity contribution in [1.82, 2.24) is 15.0 Å². The van der Waals surface area contributed by atoms with E-state index < -0.39 is 11.8 Å². The molecule has 2 aromatic rings. The van der Waals surface area contributed by atoms with Crippen molar-refractivity contribution in [2.45, 2.75) is 6.42 Å². The van der Waals surface area contributed by atoms with Crippen LogP contribution in [0.5, 0.6) is 0 Å². The van der Waals surface area contributed by atoms with Crippen LogP contribution in [0.4, 0.5) is 4.39 Å². The number of aromatic carboxylic acids is 1. The van der Waals surface area contributed by atoms with Crippen molar-refractivity contribution in [2.75, 3.05) is 0 Å². The molecule has 0 saturated heterocycles. The van der Waals surface area contributed by atoms with Crippen molar-refractivity contribution in [2.24, 2.45) is 0 Å². The Morgan fingerprint density at radius 1 is 1.44 bits per heavy atom. The van der Waals surface area contributed by atoms with Gasteiger partial charge in [0.25, 0.3) is 0 Å². The van der Waals surface area contributed by atoms with Crippen LogP contribution >= 0.6 is 0 Å². The van der Waals surface area contributed by atoms with E-state index in [1.807, 2.05) is 0 Å². The van der Waals surface area contributed by atoms with Crippen LogP contribution in [0.3, 0.4) is 0 Å². The van der Waals surface area contributed by atoms with Gasteiger partial charge in [-0.05, 0) is 6.07 Å². The summed E-state index contributed by atoms with van der Waals surface area (Å²) in [4.78, 5) is 21.0. The Bertz CT molecular complexity index is 507. The lowest BCUT2D eigenvalue weighted by molar-refractivity contribution is 0.0697. The summed E-state index contributed by atoms with van der Waals surface area (Å²) < 4.78 is 12.5. The molecule has 0 aliphatic heterocycles. The third kappa shape index (κ3) is 2.22. The number of nitrogens with zero attached hydrogens (tertiary/aromatic N) is 2. The van der Waals surface area contributed by atoms with Gasteiger partial charge in [-0.2, -0.15) is 0 Å². The molecule has 0 fully saturated rings. The average Bonchev–Trinajstić information content (AvgIpc) is 2.70. The fourth-order valence-corrected chi connectivity index (χ4v) is 1.27. The second-order valence-corrected chi connectivity index (χ2v) is 3.21. The first-order valence-corrected chi connectivity index (χ1v) is 4.52. The Hall–Kier alpha value is -2.24. The number of H-pyrrole nitrogens is 1. The number of carbonyl (C=O) groups is 1. The highest BCUT2D eigenvalue weighted by Gasteiger charge is 2.07. The first-order chi connectivity index (χ1) is 7.65. The molecule has 82 valence electrons. The van der Waals surface area contributed by atoms with Crippen molar-refractivity contribution < 1.29 is 14.3 Å². The van der Waals surface area contributed by atoms with Crippen LogP contribution in [-0.4, -0.2) is 26.0 Å². The van der Waals surface area contributed by atoms with Gasteiger partial charge in [-0.3, -0.25) is 0 Å². The molecule has 0 saturated carbocycles. The van der Waals surface area contributed by atoms with Gasteiger partial charge in [0.15, 0.2) is 5.82 Å². The molecule has 0 spiro atoms. The number of hydrogen-bond acceptors (Lipinski definition) is 3. The lowest BCUT2D eigenvalue weighted by atomic mass is 10.2. The van der Waals surface area contributed by atoms with Crippen LogP contribution in [0.25, 0.3) is 0 Å². The highest BCUT2D eigenvalue weighted by Crippen LogP contribution is 2.07. The Morgan fingerprint density at radius 2 is 2.12 bits per heavy atom. The van der Waals surface area contributed by atoms with E-state index in [0.29, 0.717) is 17.9 Å². The molecule has 0 unspecified atom stereocenters. The number of rotatable bonds is 3. The van der Waals surface area contributed by atoms with Gasteiger partial charge in [-0.1, -0.05) is 0 Å².